The van der Waals surface area contributed by atoms with Crippen LogP contribution in [-0.4, -0.2) is 88.4 Å². The maximum absolute atomic E-state index is 12.4. The van der Waals surface area contributed by atoms with Crippen molar-refractivity contribution in [1.29, 1.82) is 0 Å². The second-order valence-corrected chi connectivity index (χ2v) is 15.3. The summed E-state index contributed by atoms with van der Waals surface area (Å²) >= 11 is 4.24. The van der Waals surface area contributed by atoms with E-state index in [4.69, 9.17) is 5.73 Å². The minimum Gasteiger partial charge on any atom is -0.392 e. The average molecular weight is 1170 g/mol. The molecule has 2 aromatic heterocycles. The van der Waals surface area contributed by atoms with Crippen LogP contribution < -0.4 is 10.6 Å². The highest BCUT2D eigenvalue weighted by atomic mass is 128. The first-order valence-corrected chi connectivity index (χ1v) is 24.8. The molecule has 6 heterocycles. The summed E-state index contributed by atoms with van der Waals surface area (Å²) < 4.78 is 13.1. The summed E-state index contributed by atoms with van der Waals surface area (Å²) in [6.07, 6.45) is 1.93. The molecule has 4 saturated heterocycles. The van der Waals surface area contributed by atoms with Crippen LogP contribution in [0.25, 0.3) is 0 Å². The quantitative estimate of drug-likeness (QED) is 0.0545. The second kappa shape index (κ2) is 22.6. The van der Waals surface area contributed by atoms with Crippen LogP contribution in [0.15, 0.2) is 36.7 Å². The predicted molar refractivity (Wildman–Crippen MR) is 219 cm³/mol. The number of nitro groups is 2. The van der Waals surface area contributed by atoms with Gasteiger partial charge in [-0.15, -0.1) is 24.0 Å². The molecule has 28 heteroatoms. The molecule has 2 N–H and O–H groups in total. The fourth-order valence-corrected chi connectivity index (χ4v) is 9.20. The Kier molecular flexibility index (Phi) is 19.7. The van der Waals surface area contributed by atoms with Gasteiger partial charge in [0.25, 0.3) is 11.4 Å². The summed E-state index contributed by atoms with van der Waals surface area (Å²) in [5.74, 6) is -4.32. The number of cyclic esters (lactones) is 6. The molecule has 2 amide bonds. The van der Waals surface area contributed by atoms with Crippen LogP contribution in [0.2, 0.25) is 0 Å². The Morgan fingerprint density at radius 3 is 1.35 bits per heavy atom. The Balaban J connectivity index is 0.000000298. The third-order valence-electron chi connectivity index (χ3n) is 6.32. The molecule has 0 radical (unpaired) electrons. The fourth-order valence-electron chi connectivity index (χ4n) is 3.89. The fraction of sp³-hybridized carbons (Fsp3) is 0.308. The summed E-state index contributed by atoms with van der Waals surface area (Å²) in [7, 11) is 4.17. The molecular weight excluding hydrogens is 1150 g/mol. The minimum atomic E-state index is -0.738. The van der Waals surface area contributed by atoms with E-state index < -0.39 is 78.5 Å². The maximum Gasteiger partial charge on any atom is 0.328 e. The molecule has 4 atom stereocenters. The number of carbonyl (C=O) groups is 8. The van der Waals surface area contributed by atoms with Crippen LogP contribution in [0.4, 0.5) is 23.0 Å². The number of halogens is 3. The van der Waals surface area contributed by atoms with Gasteiger partial charge in [-0.1, -0.05) is 43.2 Å². The Bertz CT molecular complexity index is 1780. The van der Waals surface area contributed by atoms with Crippen LogP contribution in [0.5, 0.6) is 0 Å². The zero-order valence-electron chi connectivity index (χ0n) is 26.3. The van der Waals surface area contributed by atoms with Gasteiger partial charge in [-0.3, -0.25) is 58.6 Å². The molecule has 6 rings (SSSR count). The van der Waals surface area contributed by atoms with E-state index >= 15 is 0 Å². The molecule has 4 aliphatic rings. The Morgan fingerprint density at radius 1 is 0.648 bits per heavy atom. The standard InChI is InChI=1S/C13H9N3O7S2.C8H6O6S2.C5H5N3O2.I2.HI/c17-10-3-7(24-25-8-4-11(18)23-13(8)20)12(19)15(10)9-2-1-6(5-14-9)16(21)22;9-5-1-3(7(11)13-5)15-16-4-2-6(10)14-8(4)12;6-5-2-1-4(3-7-5)8(9)10;1-2;/h1-2,5,7-8H,3-4H2;3-4H,1-2H2;1-3H,(H2,6,7);;1H. The predicted octanol–water partition coefficient (Wildman–Crippen LogP) is 3.86. The van der Waals surface area contributed by atoms with E-state index in [9.17, 15) is 58.6 Å². The molecule has 21 nitrogen and oxygen atoms in total. The summed E-state index contributed by atoms with van der Waals surface area (Å²) in [6, 6.07) is 5.07. The molecule has 0 bridgehead atoms. The number of nitrogens with zero attached hydrogens (tertiary/aromatic N) is 5. The van der Waals surface area contributed by atoms with Gasteiger partial charge in [0.1, 0.15) is 45.0 Å². The normalized spacial score (nSPS) is 21.3. The number of nitrogen functional groups attached to an aromatic ring is 1. The number of hydrogen-bond donors (Lipinski definition) is 1. The van der Waals surface area contributed by atoms with Crippen molar-refractivity contribution >= 4 is 175 Å². The molecule has 0 aliphatic carbocycles. The van der Waals surface area contributed by atoms with E-state index in [1.807, 2.05) is 0 Å². The van der Waals surface area contributed by atoms with Gasteiger partial charge in [0.15, 0.2) is 0 Å². The van der Waals surface area contributed by atoms with Crippen LogP contribution >= 0.6 is 104 Å². The largest absolute Gasteiger partial charge is 0.392 e. The smallest absolute Gasteiger partial charge is 0.328 e. The Hall–Kier alpha value is -2.95. The van der Waals surface area contributed by atoms with Crippen molar-refractivity contribution in [2.24, 2.45) is 0 Å². The zero-order valence-corrected chi connectivity index (χ0v) is 36.2. The van der Waals surface area contributed by atoms with Crippen LogP contribution in [-0.2, 0) is 52.6 Å². The van der Waals surface area contributed by atoms with Gasteiger partial charge < -0.3 is 19.9 Å². The van der Waals surface area contributed by atoms with Gasteiger partial charge in [0, 0.05) is 55.8 Å². The SMILES string of the molecule is I.II.Nc1ccc([N+](=O)[O-])cn1.O=C1CC(SSC2CC(=O)N(c3ccc([N+](=O)[O-])cn3)C2=O)C(=O)O1.O=C1CC(SSC2CC(=O)OC2=O)C(=O)O1. The Labute approximate surface area is 358 Å². The second-order valence-electron chi connectivity index (χ2n) is 9.93. The highest BCUT2D eigenvalue weighted by Crippen LogP contribution is 2.41. The van der Waals surface area contributed by atoms with Gasteiger partial charge in [-0.05, 0) is 12.1 Å². The first kappa shape index (κ1) is 47.2. The lowest BCUT2D eigenvalue weighted by molar-refractivity contribution is -0.385. The van der Waals surface area contributed by atoms with Gasteiger partial charge >= 0.3 is 35.8 Å². The summed E-state index contributed by atoms with van der Waals surface area (Å²) in [5, 5.41) is 18.0. The van der Waals surface area contributed by atoms with Crippen molar-refractivity contribution in [2.75, 3.05) is 10.6 Å². The average Bonchev–Trinajstić information content (AvgIpc) is 3.82. The van der Waals surface area contributed by atoms with Crippen molar-refractivity contribution < 1.29 is 62.4 Å². The van der Waals surface area contributed by atoms with Gasteiger partial charge in [-0.25, -0.2) is 14.9 Å². The third kappa shape index (κ3) is 13.7. The number of hydrogen-bond acceptors (Lipinski definition) is 22. The topological polar surface area (TPSA) is 306 Å². The number of pyridine rings is 2. The molecule has 4 aliphatic heterocycles. The first-order valence-electron chi connectivity index (χ1n) is 14.0. The molecular formula is C26H21I3N6O15S4. The lowest BCUT2D eigenvalue weighted by Crippen LogP contribution is -2.31. The van der Waals surface area contributed by atoms with E-state index in [1.165, 1.54) is 18.2 Å². The van der Waals surface area contributed by atoms with Crippen LogP contribution in [0.3, 0.4) is 0 Å². The molecule has 2 aromatic rings. The maximum atomic E-state index is 12.4. The van der Waals surface area contributed by atoms with E-state index in [2.05, 4.69) is 61.4 Å². The highest BCUT2D eigenvalue weighted by Gasteiger charge is 2.43. The highest BCUT2D eigenvalue weighted by molar-refractivity contribution is 15.0. The van der Waals surface area contributed by atoms with E-state index in [-0.39, 0.29) is 72.7 Å². The van der Waals surface area contributed by atoms with Gasteiger partial charge in [-0.2, -0.15) is 0 Å². The third-order valence-corrected chi connectivity index (χ3v) is 12.4. The van der Waals surface area contributed by atoms with E-state index in [0.29, 0.717) is 0 Å². The van der Waals surface area contributed by atoms with Crippen LogP contribution in [0.1, 0.15) is 25.7 Å². The molecule has 0 aromatic carbocycles. The molecule has 4 unspecified atom stereocenters. The van der Waals surface area contributed by atoms with E-state index in [1.54, 1.807) is 0 Å². The number of ether oxygens (including phenoxy) is 3. The number of amides is 2. The summed E-state index contributed by atoms with van der Waals surface area (Å²) in [6.45, 7) is 0. The number of imide groups is 1. The van der Waals surface area contributed by atoms with Crippen molar-refractivity contribution in [3.63, 3.8) is 0 Å². The minimum absolute atomic E-state index is 0. The van der Waals surface area contributed by atoms with Gasteiger partial charge in [0.05, 0.1) is 29.1 Å². The number of nitrogens with two attached hydrogens (primary N) is 1. The number of carbonyl (C=O) groups excluding carboxylic acids is 8. The molecule has 0 saturated carbocycles. The van der Waals surface area contributed by atoms with Crippen molar-refractivity contribution in [3.05, 3.63) is 56.9 Å². The summed E-state index contributed by atoms with van der Waals surface area (Å²) in [5.41, 5.74) is 4.89. The monoisotopic (exact) mass is 1170 g/mol. The molecule has 54 heavy (non-hydrogen) atoms. The molecule has 0 spiro atoms. The molecule has 290 valence electrons. The van der Waals surface area contributed by atoms with Crippen molar-refractivity contribution in [1.82, 2.24) is 9.97 Å². The van der Waals surface area contributed by atoms with Crippen molar-refractivity contribution in [3.8, 4) is 0 Å². The first-order chi connectivity index (χ1) is 25.1. The zero-order chi connectivity index (χ0) is 39.4. The lowest BCUT2D eigenvalue weighted by atomic mass is 10.4. The Morgan fingerprint density at radius 2 is 1.04 bits per heavy atom. The van der Waals surface area contributed by atoms with Crippen molar-refractivity contribution in [2.45, 2.75) is 46.7 Å². The lowest BCUT2D eigenvalue weighted by Gasteiger charge is -2.13. The number of esters is 6. The van der Waals surface area contributed by atoms with E-state index in [0.717, 1.165) is 66.5 Å². The summed E-state index contributed by atoms with van der Waals surface area (Å²) in [4.78, 5) is 118. The number of rotatable bonds is 9. The van der Waals surface area contributed by atoms with Crippen LogP contribution in [0, 0.1) is 20.2 Å². The number of aromatic nitrogens is 2. The number of anilines is 2. The molecule has 4 fully saturated rings. The van der Waals surface area contributed by atoms with Gasteiger partial charge in [0.2, 0.25) is 11.8 Å².